The van der Waals surface area contributed by atoms with E-state index in [1.807, 2.05) is 12.3 Å². The summed E-state index contributed by atoms with van der Waals surface area (Å²) in [5.41, 5.74) is 4.22. The van der Waals surface area contributed by atoms with Gasteiger partial charge in [-0.05, 0) is 55.5 Å². The molecule has 0 radical (unpaired) electrons. The van der Waals surface area contributed by atoms with Crippen molar-refractivity contribution in [1.82, 2.24) is 10.3 Å². The van der Waals surface area contributed by atoms with Gasteiger partial charge in [-0.3, -0.25) is 0 Å². The first kappa shape index (κ1) is 14.1. The third kappa shape index (κ3) is 3.82. The maximum absolute atomic E-state index is 4.35. The van der Waals surface area contributed by atoms with Crippen LogP contribution in [0, 0.1) is 6.92 Å². The van der Waals surface area contributed by atoms with E-state index in [1.165, 1.54) is 29.5 Å². The maximum atomic E-state index is 4.35. The smallest absolute Gasteiger partial charge is 0.125 e. The van der Waals surface area contributed by atoms with Gasteiger partial charge in [0.25, 0.3) is 0 Å². The summed E-state index contributed by atoms with van der Waals surface area (Å²) in [6, 6.07) is 13.5. The van der Waals surface area contributed by atoms with Gasteiger partial charge < -0.3 is 10.6 Å². The molecule has 3 heteroatoms. The summed E-state index contributed by atoms with van der Waals surface area (Å²) >= 11 is 0. The number of anilines is 1. The highest BCUT2D eigenvalue weighted by atomic mass is 15.0. The predicted molar refractivity (Wildman–Crippen MR) is 87.7 cm³/mol. The number of pyridine rings is 1. The van der Waals surface area contributed by atoms with Crippen molar-refractivity contribution in [3.8, 4) is 0 Å². The SMILES string of the molecule is Cc1ccc(NCCCNC2Cc3ccccc3C2)nc1. The third-order valence-electron chi connectivity index (χ3n) is 4.06. The second kappa shape index (κ2) is 6.72. The number of hydrogen-bond donors (Lipinski definition) is 2. The van der Waals surface area contributed by atoms with E-state index in [1.54, 1.807) is 0 Å². The van der Waals surface area contributed by atoms with Crippen LogP contribution in [0.1, 0.15) is 23.1 Å². The number of rotatable bonds is 6. The van der Waals surface area contributed by atoms with Crippen LogP contribution in [0.3, 0.4) is 0 Å². The van der Waals surface area contributed by atoms with E-state index < -0.39 is 0 Å². The molecule has 1 aliphatic rings. The largest absolute Gasteiger partial charge is 0.370 e. The minimum atomic E-state index is 0.611. The van der Waals surface area contributed by atoms with Gasteiger partial charge in [-0.25, -0.2) is 4.98 Å². The van der Waals surface area contributed by atoms with Crippen LogP contribution in [0.4, 0.5) is 5.82 Å². The lowest BCUT2D eigenvalue weighted by Gasteiger charge is -2.12. The number of fused-ring (bicyclic) bond motifs is 1. The number of aromatic nitrogens is 1. The first-order valence-electron chi connectivity index (χ1n) is 7.78. The highest BCUT2D eigenvalue weighted by Crippen LogP contribution is 2.21. The van der Waals surface area contributed by atoms with Gasteiger partial charge in [-0.2, -0.15) is 0 Å². The molecular formula is C18H23N3. The van der Waals surface area contributed by atoms with E-state index >= 15 is 0 Å². The van der Waals surface area contributed by atoms with Crippen molar-refractivity contribution in [3.05, 3.63) is 59.3 Å². The van der Waals surface area contributed by atoms with E-state index in [-0.39, 0.29) is 0 Å². The molecule has 0 aliphatic heterocycles. The van der Waals surface area contributed by atoms with Crippen molar-refractivity contribution in [2.24, 2.45) is 0 Å². The lowest BCUT2D eigenvalue weighted by molar-refractivity contribution is 0.528. The fraction of sp³-hybridized carbons (Fsp3) is 0.389. The molecule has 1 aliphatic carbocycles. The van der Waals surface area contributed by atoms with Crippen LogP contribution in [0.5, 0.6) is 0 Å². The Morgan fingerprint density at radius 1 is 1.05 bits per heavy atom. The minimum Gasteiger partial charge on any atom is -0.370 e. The van der Waals surface area contributed by atoms with Crippen molar-refractivity contribution in [3.63, 3.8) is 0 Å². The average Bonchev–Trinajstić information content (AvgIpc) is 2.91. The zero-order valence-corrected chi connectivity index (χ0v) is 12.6. The molecule has 0 saturated carbocycles. The second-order valence-electron chi connectivity index (χ2n) is 5.83. The molecule has 1 heterocycles. The lowest BCUT2D eigenvalue weighted by atomic mass is 10.1. The molecule has 0 unspecified atom stereocenters. The van der Waals surface area contributed by atoms with Gasteiger partial charge >= 0.3 is 0 Å². The molecule has 0 amide bonds. The van der Waals surface area contributed by atoms with E-state index in [2.05, 4.69) is 52.9 Å². The average molecular weight is 281 g/mol. The Bertz CT molecular complexity index is 552. The lowest BCUT2D eigenvalue weighted by Crippen LogP contribution is -2.31. The monoisotopic (exact) mass is 281 g/mol. The Morgan fingerprint density at radius 3 is 2.48 bits per heavy atom. The van der Waals surface area contributed by atoms with Crippen molar-refractivity contribution in [1.29, 1.82) is 0 Å². The van der Waals surface area contributed by atoms with Crippen LogP contribution in [0.2, 0.25) is 0 Å². The van der Waals surface area contributed by atoms with Gasteiger partial charge in [0.05, 0.1) is 0 Å². The van der Waals surface area contributed by atoms with Crippen molar-refractivity contribution in [2.45, 2.75) is 32.2 Å². The van der Waals surface area contributed by atoms with E-state index in [0.717, 1.165) is 25.3 Å². The maximum Gasteiger partial charge on any atom is 0.125 e. The Hall–Kier alpha value is -1.87. The normalized spacial score (nSPS) is 14.1. The minimum absolute atomic E-state index is 0.611. The molecule has 2 N–H and O–H groups in total. The van der Waals surface area contributed by atoms with Gasteiger partial charge in [-0.1, -0.05) is 30.3 Å². The summed E-state index contributed by atoms with van der Waals surface area (Å²) in [4.78, 5) is 4.35. The number of benzene rings is 1. The Morgan fingerprint density at radius 2 is 1.81 bits per heavy atom. The Labute approximate surface area is 126 Å². The summed E-state index contributed by atoms with van der Waals surface area (Å²) in [5.74, 6) is 0.967. The molecule has 21 heavy (non-hydrogen) atoms. The molecular weight excluding hydrogens is 258 g/mol. The third-order valence-corrected chi connectivity index (χ3v) is 4.06. The fourth-order valence-electron chi connectivity index (χ4n) is 2.89. The summed E-state index contributed by atoms with van der Waals surface area (Å²) in [6.45, 7) is 4.07. The molecule has 2 aromatic rings. The van der Waals surface area contributed by atoms with Crippen LogP contribution in [0.25, 0.3) is 0 Å². The molecule has 1 aromatic carbocycles. The predicted octanol–water partition coefficient (Wildman–Crippen LogP) is 2.95. The molecule has 0 spiro atoms. The van der Waals surface area contributed by atoms with Crippen LogP contribution < -0.4 is 10.6 Å². The van der Waals surface area contributed by atoms with Crippen LogP contribution in [0.15, 0.2) is 42.6 Å². The van der Waals surface area contributed by atoms with Crippen LogP contribution >= 0.6 is 0 Å². The first-order chi connectivity index (χ1) is 10.3. The first-order valence-corrected chi connectivity index (χ1v) is 7.78. The number of nitrogens with zero attached hydrogens (tertiary/aromatic N) is 1. The van der Waals surface area contributed by atoms with Crippen molar-refractivity contribution < 1.29 is 0 Å². The Kier molecular flexibility index (Phi) is 4.51. The summed E-state index contributed by atoms with van der Waals surface area (Å²) in [7, 11) is 0. The second-order valence-corrected chi connectivity index (χ2v) is 5.83. The van der Waals surface area contributed by atoms with E-state index in [4.69, 9.17) is 0 Å². The molecule has 0 bridgehead atoms. The number of aryl methyl sites for hydroxylation is 1. The van der Waals surface area contributed by atoms with Crippen LogP contribution in [-0.4, -0.2) is 24.1 Å². The highest BCUT2D eigenvalue weighted by Gasteiger charge is 2.19. The molecule has 0 atom stereocenters. The highest BCUT2D eigenvalue weighted by molar-refractivity contribution is 5.35. The van der Waals surface area contributed by atoms with Gasteiger partial charge in [0.1, 0.15) is 5.82 Å². The molecule has 110 valence electrons. The van der Waals surface area contributed by atoms with Gasteiger partial charge in [-0.15, -0.1) is 0 Å². The van der Waals surface area contributed by atoms with Crippen molar-refractivity contribution >= 4 is 5.82 Å². The molecule has 3 rings (SSSR count). The van der Waals surface area contributed by atoms with Crippen LogP contribution in [-0.2, 0) is 12.8 Å². The van der Waals surface area contributed by atoms with Gasteiger partial charge in [0, 0.05) is 18.8 Å². The zero-order valence-electron chi connectivity index (χ0n) is 12.6. The number of nitrogens with one attached hydrogen (secondary N) is 2. The van der Waals surface area contributed by atoms with E-state index in [9.17, 15) is 0 Å². The summed E-state index contributed by atoms with van der Waals surface area (Å²) < 4.78 is 0. The standard InChI is InChI=1S/C18H23N3/c1-14-7-8-18(21-13-14)20-10-4-9-19-17-11-15-5-2-3-6-16(15)12-17/h2-3,5-8,13,17,19H,4,9-12H2,1H3,(H,20,21). The summed E-state index contributed by atoms with van der Waals surface area (Å²) in [5, 5.41) is 7.03. The summed E-state index contributed by atoms with van der Waals surface area (Å²) in [6.07, 6.45) is 5.35. The fourth-order valence-corrected chi connectivity index (χ4v) is 2.89. The molecule has 3 nitrogen and oxygen atoms in total. The topological polar surface area (TPSA) is 37.0 Å². The van der Waals surface area contributed by atoms with Gasteiger partial charge in [0.15, 0.2) is 0 Å². The Balaban J connectivity index is 1.34. The number of hydrogen-bond acceptors (Lipinski definition) is 3. The van der Waals surface area contributed by atoms with Crippen molar-refractivity contribution in [2.75, 3.05) is 18.4 Å². The quantitative estimate of drug-likeness (QED) is 0.799. The molecule has 1 aromatic heterocycles. The van der Waals surface area contributed by atoms with Gasteiger partial charge in [0.2, 0.25) is 0 Å². The molecule has 0 saturated heterocycles. The van der Waals surface area contributed by atoms with E-state index in [0.29, 0.717) is 6.04 Å². The zero-order chi connectivity index (χ0) is 14.5. The molecule has 0 fully saturated rings.